The van der Waals surface area contributed by atoms with E-state index in [1.807, 2.05) is 24.3 Å². The van der Waals surface area contributed by atoms with E-state index in [1.54, 1.807) is 0 Å². The van der Waals surface area contributed by atoms with Gasteiger partial charge in [-0.15, -0.1) is 0 Å². The summed E-state index contributed by atoms with van der Waals surface area (Å²) in [6, 6.07) is 16.0. The Bertz CT molecular complexity index is 834. The number of aliphatic carboxylic acids is 1. The molecular weight excluding hydrogens is 390 g/mol. The molecule has 1 atom stereocenters. The van der Waals surface area contributed by atoms with Crippen molar-refractivity contribution < 1.29 is 19.4 Å². The average Bonchev–Trinajstić information content (AvgIpc) is 3.09. The zero-order valence-corrected chi connectivity index (χ0v) is 18.1. The van der Waals surface area contributed by atoms with Gasteiger partial charge >= 0.3 is 11.9 Å². The highest BCUT2D eigenvalue weighted by molar-refractivity contribution is 5.79. The molecule has 5 heteroatoms. The van der Waals surface area contributed by atoms with Gasteiger partial charge in [0.05, 0.1) is 0 Å². The first-order valence-electron chi connectivity index (χ1n) is 11.4. The Morgan fingerprint density at radius 2 is 1.35 bits per heavy atom. The molecule has 0 saturated carbocycles. The summed E-state index contributed by atoms with van der Waals surface area (Å²) < 4.78 is 5.63. The monoisotopic (exact) mass is 423 g/mol. The van der Waals surface area contributed by atoms with Gasteiger partial charge in [0.15, 0.2) is 0 Å². The van der Waals surface area contributed by atoms with Gasteiger partial charge in [-0.1, -0.05) is 87.1 Å². The molecule has 0 aromatic heterocycles. The maximum Gasteiger partial charge on any atom is 0.322 e. The summed E-state index contributed by atoms with van der Waals surface area (Å²) >= 11 is 0. The van der Waals surface area contributed by atoms with Gasteiger partial charge in [0.1, 0.15) is 12.6 Å². The van der Waals surface area contributed by atoms with Gasteiger partial charge in [0.2, 0.25) is 0 Å². The predicted octanol–water partition coefficient (Wildman–Crippen LogP) is 5.26. The number of benzene rings is 2. The van der Waals surface area contributed by atoms with E-state index in [2.05, 4.69) is 24.3 Å². The van der Waals surface area contributed by atoms with Gasteiger partial charge < -0.3 is 15.6 Å². The fraction of sp³-hybridized carbons (Fsp3) is 0.462. The van der Waals surface area contributed by atoms with Gasteiger partial charge in [0.25, 0.3) is 0 Å². The largest absolute Gasteiger partial charge is 0.481 e. The van der Waals surface area contributed by atoms with Crippen LogP contribution in [0.25, 0.3) is 11.1 Å². The summed E-state index contributed by atoms with van der Waals surface area (Å²) in [6.45, 7) is 0.316. The maximum atomic E-state index is 12.4. The quantitative estimate of drug-likeness (QED) is 0.339. The molecule has 0 heterocycles. The van der Waals surface area contributed by atoms with Gasteiger partial charge in [-0.25, -0.2) is 0 Å². The van der Waals surface area contributed by atoms with Crippen molar-refractivity contribution in [1.29, 1.82) is 0 Å². The smallest absolute Gasteiger partial charge is 0.322 e. The van der Waals surface area contributed by atoms with Crippen LogP contribution in [0.5, 0.6) is 0 Å². The zero-order chi connectivity index (χ0) is 22.1. The first-order valence-corrected chi connectivity index (χ1v) is 11.4. The molecule has 5 nitrogen and oxygen atoms in total. The molecule has 3 N–H and O–H groups in total. The molecule has 166 valence electrons. The highest BCUT2D eigenvalue weighted by atomic mass is 16.5. The minimum absolute atomic E-state index is 0.0599. The van der Waals surface area contributed by atoms with Crippen molar-refractivity contribution in [2.45, 2.75) is 69.7 Å². The van der Waals surface area contributed by atoms with Crippen molar-refractivity contribution in [2.75, 3.05) is 6.61 Å². The van der Waals surface area contributed by atoms with Gasteiger partial charge in [-0.05, 0) is 35.1 Å². The van der Waals surface area contributed by atoms with E-state index in [0.29, 0.717) is 13.0 Å². The Balaban J connectivity index is 1.36. The minimum Gasteiger partial charge on any atom is -0.481 e. The molecule has 0 saturated heterocycles. The number of fused-ring (bicyclic) bond motifs is 3. The third-order valence-corrected chi connectivity index (χ3v) is 6.06. The van der Waals surface area contributed by atoms with Gasteiger partial charge in [-0.2, -0.15) is 0 Å². The average molecular weight is 424 g/mol. The normalized spacial score (nSPS) is 13.5. The van der Waals surface area contributed by atoms with Crippen LogP contribution in [0.3, 0.4) is 0 Å². The lowest BCUT2D eigenvalue weighted by atomic mass is 9.98. The van der Waals surface area contributed by atoms with Gasteiger partial charge in [0, 0.05) is 12.3 Å². The van der Waals surface area contributed by atoms with E-state index in [1.165, 1.54) is 22.3 Å². The SMILES string of the molecule is N[C@H](CCCCCCCCCC(=O)O)C(=O)OCC1c2ccccc2-c2ccccc21. The van der Waals surface area contributed by atoms with E-state index < -0.39 is 12.0 Å². The van der Waals surface area contributed by atoms with Crippen LogP contribution in [0, 0.1) is 0 Å². The maximum absolute atomic E-state index is 12.4. The highest BCUT2D eigenvalue weighted by Crippen LogP contribution is 2.44. The molecule has 2 aromatic rings. The first kappa shape index (κ1) is 23.0. The topological polar surface area (TPSA) is 89.6 Å². The molecule has 0 spiro atoms. The Labute approximate surface area is 184 Å². The van der Waals surface area contributed by atoms with E-state index in [4.69, 9.17) is 15.6 Å². The van der Waals surface area contributed by atoms with Crippen LogP contribution < -0.4 is 5.73 Å². The van der Waals surface area contributed by atoms with Crippen molar-refractivity contribution in [2.24, 2.45) is 5.73 Å². The molecule has 2 aromatic carbocycles. The molecule has 31 heavy (non-hydrogen) atoms. The van der Waals surface area contributed by atoms with Crippen LogP contribution in [-0.4, -0.2) is 29.7 Å². The fourth-order valence-electron chi connectivity index (χ4n) is 4.35. The Morgan fingerprint density at radius 3 is 1.94 bits per heavy atom. The Hall–Kier alpha value is -2.66. The molecule has 1 aliphatic carbocycles. The molecule has 0 amide bonds. The molecule has 3 rings (SSSR count). The number of carboxylic acids is 1. The van der Waals surface area contributed by atoms with E-state index in [9.17, 15) is 9.59 Å². The predicted molar refractivity (Wildman–Crippen MR) is 122 cm³/mol. The minimum atomic E-state index is -0.720. The fourth-order valence-corrected chi connectivity index (χ4v) is 4.35. The van der Waals surface area contributed by atoms with Crippen LogP contribution in [0.2, 0.25) is 0 Å². The number of nitrogens with two attached hydrogens (primary N) is 1. The number of carboxylic acid groups (broad SMARTS) is 1. The van der Waals surface area contributed by atoms with Crippen molar-refractivity contribution in [3.8, 4) is 11.1 Å². The summed E-state index contributed by atoms with van der Waals surface area (Å²) in [5, 5.41) is 8.62. The number of hydrogen-bond acceptors (Lipinski definition) is 4. The van der Waals surface area contributed by atoms with E-state index in [0.717, 1.165) is 44.9 Å². The standard InChI is InChI=1S/C26H33NO4/c27-24(16-6-4-2-1-3-5-7-17-25(28)29)26(30)31-18-23-21-14-10-8-12-19(21)20-13-9-11-15-22(20)23/h8-15,23-24H,1-7,16-18,27H2,(H,28,29)/t24-/m1/s1. The Kier molecular flexibility index (Phi) is 8.65. The molecule has 0 radical (unpaired) electrons. The Morgan fingerprint density at radius 1 is 0.839 bits per heavy atom. The van der Waals surface area contributed by atoms with Crippen molar-refractivity contribution >= 4 is 11.9 Å². The zero-order valence-electron chi connectivity index (χ0n) is 18.1. The summed E-state index contributed by atoms with van der Waals surface area (Å²) in [6.07, 6.45) is 7.79. The summed E-state index contributed by atoms with van der Waals surface area (Å²) in [4.78, 5) is 22.9. The second-order valence-electron chi connectivity index (χ2n) is 8.37. The molecule has 1 aliphatic rings. The lowest BCUT2D eigenvalue weighted by molar-refractivity contribution is -0.145. The van der Waals surface area contributed by atoms with Crippen LogP contribution in [0.15, 0.2) is 48.5 Å². The second-order valence-corrected chi connectivity index (χ2v) is 8.37. The van der Waals surface area contributed by atoms with Crippen LogP contribution in [0.1, 0.15) is 74.8 Å². The van der Waals surface area contributed by atoms with Crippen molar-refractivity contribution in [1.82, 2.24) is 0 Å². The summed E-state index contributed by atoms with van der Waals surface area (Å²) in [5.74, 6) is -0.984. The number of unbranched alkanes of at least 4 members (excludes halogenated alkanes) is 6. The molecular formula is C26H33NO4. The first-order chi connectivity index (χ1) is 15.1. The van der Waals surface area contributed by atoms with E-state index in [-0.39, 0.29) is 18.3 Å². The third-order valence-electron chi connectivity index (χ3n) is 6.06. The number of esters is 1. The van der Waals surface area contributed by atoms with Crippen molar-refractivity contribution in [3.63, 3.8) is 0 Å². The van der Waals surface area contributed by atoms with Crippen molar-refractivity contribution in [3.05, 3.63) is 59.7 Å². The second kappa shape index (κ2) is 11.7. The van der Waals surface area contributed by atoms with E-state index >= 15 is 0 Å². The third kappa shape index (κ3) is 6.41. The van der Waals surface area contributed by atoms with Crippen LogP contribution in [0.4, 0.5) is 0 Å². The molecule has 0 unspecified atom stereocenters. The number of carbonyl (C=O) groups is 2. The molecule has 0 aliphatic heterocycles. The summed E-state index contributed by atoms with van der Waals surface area (Å²) in [5.41, 5.74) is 10.9. The molecule has 0 bridgehead atoms. The number of ether oxygens (including phenoxy) is 1. The lowest BCUT2D eigenvalue weighted by Gasteiger charge is -2.16. The number of carbonyl (C=O) groups excluding carboxylic acids is 1. The highest BCUT2D eigenvalue weighted by Gasteiger charge is 2.29. The molecule has 0 fully saturated rings. The van der Waals surface area contributed by atoms with Gasteiger partial charge in [-0.3, -0.25) is 9.59 Å². The summed E-state index contributed by atoms with van der Waals surface area (Å²) in [7, 11) is 0. The number of hydrogen-bond donors (Lipinski definition) is 2. The lowest BCUT2D eigenvalue weighted by Crippen LogP contribution is -2.33. The van der Waals surface area contributed by atoms with Crippen LogP contribution in [-0.2, 0) is 14.3 Å². The number of rotatable bonds is 13. The van der Waals surface area contributed by atoms with Crippen LogP contribution >= 0.6 is 0 Å².